The van der Waals surface area contributed by atoms with Crippen LogP contribution in [-0.4, -0.2) is 0 Å². The van der Waals surface area contributed by atoms with Crippen LogP contribution in [0.25, 0.3) is 0 Å². The molecule has 0 radical (unpaired) electrons. The second-order valence-electron chi connectivity index (χ2n) is 9.73. The fourth-order valence-corrected chi connectivity index (χ4v) is 5.79. The molecule has 0 saturated heterocycles. The fourth-order valence-electron chi connectivity index (χ4n) is 5.79. The molecule has 6 rings (SSSR count). The summed E-state index contributed by atoms with van der Waals surface area (Å²) in [5, 5.41) is 0. The highest BCUT2D eigenvalue weighted by Crippen LogP contribution is 2.35. The Kier molecular flexibility index (Phi) is 5.15. The van der Waals surface area contributed by atoms with Crippen molar-refractivity contribution in [1.29, 1.82) is 0 Å². The summed E-state index contributed by atoms with van der Waals surface area (Å²) in [6.07, 6.45) is 6.97. The third-order valence-corrected chi connectivity index (χ3v) is 7.71. The van der Waals surface area contributed by atoms with E-state index >= 15 is 0 Å². The number of hydrogen-bond acceptors (Lipinski definition) is 0. The lowest BCUT2D eigenvalue weighted by Gasteiger charge is -2.12. The summed E-state index contributed by atoms with van der Waals surface area (Å²) in [7, 11) is 0. The van der Waals surface area contributed by atoms with Gasteiger partial charge in [0.25, 0.3) is 0 Å². The first-order chi connectivity index (χ1) is 15.8. The van der Waals surface area contributed by atoms with Gasteiger partial charge in [0.15, 0.2) is 0 Å². The summed E-state index contributed by atoms with van der Waals surface area (Å²) < 4.78 is 0. The minimum Gasteiger partial charge on any atom is -0.0620 e. The van der Waals surface area contributed by atoms with Crippen LogP contribution in [0.3, 0.4) is 0 Å². The van der Waals surface area contributed by atoms with Crippen molar-refractivity contribution in [3.05, 3.63) is 142 Å². The quantitative estimate of drug-likeness (QED) is 0.323. The van der Waals surface area contributed by atoms with Gasteiger partial charge in [-0.25, -0.2) is 0 Å². The van der Waals surface area contributed by atoms with Crippen molar-refractivity contribution in [2.24, 2.45) is 0 Å². The highest BCUT2D eigenvalue weighted by atomic mass is 14.3. The molecule has 4 aromatic carbocycles. The second kappa shape index (κ2) is 8.43. The molecule has 0 unspecified atom stereocenters. The van der Waals surface area contributed by atoms with Crippen LogP contribution in [0, 0.1) is 0 Å². The van der Waals surface area contributed by atoms with Crippen molar-refractivity contribution < 1.29 is 0 Å². The molecule has 4 aromatic rings. The Morgan fingerprint density at radius 1 is 0.406 bits per heavy atom. The van der Waals surface area contributed by atoms with Crippen LogP contribution in [0.2, 0.25) is 0 Å². The largest absolute Gasteiger partial charge is 0.0620 e. The summed E-state index contributed by atoms with van der Waals surface area (Å²) in [6.45, 7) is 0. The van der Waals surface area contributed by atoms with E-state index < -0.39 is 0 Å². The molecule has 0 aliphatic heterocycles. The lowest BCUT2D eigenvalue weighted by atomic mass is 9.93. The molecule has 0 aromatic heterocycles. The molecular weight excluding hydrogens is 384 g/mol. The van der Waals surface area contributed by atoms with Gasteiger partial charge >= 0.3 is 0 Å². The van der Waals surface area contributed by atoms with E-state index in [-0.39, 0.29) is 0 Å². The third-order valence-electron chi connectivity index (χ3n) is 7.71. The van der Waals surface area contributed by atoms with Crippen molar-refractivity contribution in [3.8, 4) is 0 Å². The standard InChI is InChI=1S/C32H30/c1-2-6-28-20-31(19-27(28)5-1)25-15-11-23(12-16-25)9-10-24-13-17-26(18-14-24)32-21-29-7-3-4-8-30(29)22-32/h1-8,11-18,31-32H,9-10,19-22H2. The SMILES string of the molecule is c1ccc2c(c1)CC(c1ccc(CCc3ccc(C4Cc5ccccc5C4)cc3)cc1)C2. The Balaban J connectivity index is 1.05. The van der Waals surface area contributed by atoms with Crippen molar-refractivity contribution in [1.82, 2.24) is 0 Å². The second-order valence-corrected chi connectivity index (χ2v) is 9.73. The lowest BCUT2D eigenvalue weighted by molar-refractivity contribution is 0.740. The van der Waals surface area contributed by atoms with Gasteiger partial charge in [0.05, 0.1) is 0 Å². The van der Waals surface area contributed by atoms with Gasteiger partial charge in [0.2, 0.25) is 0 Å². The molecule has 0 heterocycles. The normalized spacial score (nSPS) is 15.6. The van der Waals surface area contributed by atoms with Crippen LogP contribution in [0.1, 0.15) is 56.3 Å². The average molecular weight is 415 g/mol. The lowest BCUT2D eigenvalue weighted by Crippen LogP contribution is -2.00. The zero-order chi connectivity index (χ0) is 21.3. The fraction of sp³-hybridized carbons (Fsp3) is 0.250. The number of aryl methyl sites for hydroxylation is 2. The third kappa shape index (κ3) is 3.91. The van der Waals surface area contributed by atoms with Crippen molar-refractivity contribution in [2.45, 2.75) is 50.4 Å². The molecule has 0 bridgehead atoms. The molecule has 2 aliphatic carbocycles. The predicted octanol–water partition coefficient (Wildman–Crippen LogP) is 7.24. The molecular formula is C32H30. The van der Waals surface area contributed by atoms with Crippen LogP contribution in [0.15, 0.2) is 97.1 Å². The van der Waals surface area contributed by atoms with E-state index in [4.69, 9.17) is 0 Å². The van der Waals surface area contributed by atoms with Gasteiger partial charge in [-0.3, -0.25) is 0 Å². The number of fused-ring (bicyclic) bond motifs is 2. The molecule has 0 spiro atoms. The number of hydrogen-bond donors (Lipinski definition) is 0. The van der Waals surface area contributed by atoms with Crippen LogP contribution < -0.4 is 0 Å². The molecule has 2 aliphatic rings. The topological polar surface area (TPSA) is 0 Å². The van der Waals surface area contributed by atoms with Gasteiger partial charge in [-0.15, -0.1) is 0 Å². The van der Waals surface area contributed by atoms with Crippen LogP contribution >= 0.6 is 0 Å². The van der Waals surface area contributed by atoms with Gasteiger partial charge in [0.1, 0.15) is 0 Å². The minimum atomic E-state index is 0.649. The maximum atomic E-state index is 2.37. The first kappa shape index (κ1) is 19.6. The molecule has 0 fully saturated rings. The summed E-state index contributed by atoms with van der Waals surface area (Å²) >= 11 is 0. The Hall–Kier alpha value is -3.12. The molecule has 0 N–H and O–H groups in total. The minimum absolute atomic E-state index is 0.649. The molecule has 0 atom stereocenters. The monoisotopic (exact) mass is 414 g/mol. The van der Waals surface area contributed by atoms with Gasteiger partial charge in [-0.2, -0.15) is 0 Å². The van der Waals surface area contributed by atoms with Crippen LogP contribution in [0.4, 0.5) is 0 Å². The van der Waals surface area contributed by atoms with Gasteiger partial charge in [0, 0.05) is 0 Å². The van der Waals surface area contributed by atoms with E-state index in [1.165, 1.54) is 70.2 Å². The van der Waals surface area contributed by atoms with E-state index in [1.54, 1.807) is 0 Å². The van der Waals surface area contributed by atoms with Crippen molar-refractivity contribution in [2.75, 3.05) is 0 Å². The highest BCUT2D eigenvalue weighted by Gasteiger charge is 2.23. The molecule has 0 heteroatoms. The number of rotatable bonds is 5. The van der Waals surface area contributed by atoms with Crippen LogP contribution in [0.5, 0.6) is 0 Å². The van der Waals surface area contributed by atoms with E-state index in [1.807, 2.05) is 0 Å². The Morgan fingerprint density at radius 2 is 0.719 bits per heavy atom. The maximum absolute atomic E-state index is 2.37. The van der Waals surface area contributed by atoms with Gasteiger partial charge in [-0.05, 0) is 94.9 Å². The smallest absolute Gasteiger partial charge is 0.00808 e. The molecule has 32 heavy (non-hydrogen) atoms. The summed E-state index contributed by atoms with van der Waals surface area (Å²) in [5.74, 6) is 1.30. The Morgan fingerprint density at radius 3 is 1.03 bits per heavy atom. The summed E-state index contributed by atoms with van der Waals surface area (Å²) in [5.41, 5.74) is 12.0. The Bertz CT molecular complexity index is 1060. The molecule has 0 nitrogen and oxygen atoms in total. The predicted molar refractivity (Wildman–Crippen MR) is 133 cm³/mol. The zero-order valence-corrected chi connectivity index (χ0v) is 18.6. The first-order valence-corrected chi connectivity index (χ1v) is 12.1. The molecule has 0 amide bonds. The van der Waals surface area contributed by atoms with E-state index in [9.17, 15) is 0 Å². The maximum Gasteiger partial charge on any atom is -0.00808 e. The summed E-state index contributed by atoms with van der Waals surface area (Å²) in [4.78, 5) is 0. The van der Waals surface area contributed by atoms with Crippen molar-refractivity contribution >= 4 is 0 Å². The van der Waals surface area contributed by atoms with E-state index in [2.05, 4.69) is 97.1 Å². The molecule has 158 valence electrons. The van der Waals surface area contributed by atoms with E-state index in [0.29, 0.717) is 11.8 Å². The van der Waals surface area contributed by atoms with Gasteiger partial charge in [-0.1, -0.05) is 97.1 Å². The number of benzene rings is 4. The molecule has 0 saturated carbocycles. The highest BCUT2D eigenvalue weighted by molar-refractivity contribution is 5.40. The first-order valence-electron chi connectivity index (χ1n) is 12.1. The zero-order valence-electron chi connectivity index (χ0n) is 18.6. The van der Waals surface area contributed by atoms with Crippen LogP contribution in [-0.2, 0) is 38.5 Å². The Labute approximate surface area is 192 Å². The van der Waals surface area contributed by atoms with Crippen molar-refractivity contribution in [3.63, 3.8) is 0 Å². The van der Waals surface area contributed by atoms with E-state index in [0.717, 1.165) is 12.8 Å². The summed E-state index contributed by atoms with van der Waals surface area (Å²) in [6, 6.07) is 36.7. The van der Waals surface area contributed by atoms with Gasteiger partial charge < -0.3 is 0 Å². The average Bonchev–Trinajstić information content (AvgIpc) is 3.48.